The van der Waals surface area contributed by atoms with Crippen molar-refractivity contribution < 1.29 is 33.3 Å². The number of hydrogen-bond acceptors (Lipinski definition) is 8. The number of anilines is 1. The Labute approximate surface area is 245 Å². The van der Waals surface area contributed by atoms with E-state index >= 15 is 0 Å². The van der Waals surface area contributed by atoms with Crippen LogP contribution in [0.15, 0.2) is 48.4 Å². The molecule has 0 aliphatic rings. The first-order chi connectivity index (χ1) is 19.4. The fraction of sp³-hybridized carbons (Fsp3) is 0.515. The Morgan fingerprint density at radius 2 is 1.46 bits per heavy atom. The number of rotatable bonds is 16. The lowest BCUT2D eigenvalue weighted by molar-refractivity contribution is -0.137. The summed E-state index contributed by atoms with van der Waals surface area (Å²) in [5.41, 5.74) is 3.17. The molecule has 0 unspecified atom stereocenters. The standard InChI is InChI=1S/C33H47NO7/c1-10-32(5,6)24-15-17-27(25(21-24)33(7,8)11-2)40-18-19-41-31(36)23-14-16-28(37-9)26(20-23)34-29(38-12-3)22-30(35)39-13-4/h14-17,20-22,34H,10-13,18-19H2,1-9H3/b29-22-. The Morgan fingerprint density at radius 1 is 0.805 bits per heavy atom. The van der Waals surface area contributed by atoms with E-state index in [2.05, 4.69) is 59.0 Å². The van der Waals surface area contributed by atoms with E-state index in [9.17, 15) is 9.59 Å². The molecule has 0 aliphatic heterocycles. The lowest BCUT2D eigenvalue weighted by atomic mass is 9.76. The largest absolute Gasteiger partial charge is 0.495 e. The molecule has 1 N–H and O–H groups in total. The smallest absolute Gasteiger partial charge is 0.338 e. The third-order valence-corrected chi connectivity index (χ3v) is 7.36. The van der Waals surface area contributed by atoms with Gasteiger partial charge in [0.05, 0.1) is 37.7 Å². The minimum atomic E-state index is -0.549. The first-order valence-electron chi connectivity index (χ1n) is 14.3. The first kappa shape index (κ1) is 33.5. The molecule has 2 aromatic rings. The van der Waals surface area contributed by atoms with E-state index in [0.29, 0.717) is 23.6 Å². The molecule has 0 amide bonds. The van der Waals surface area contributed by atoms with Gasteiger partial charge in [0.25, 0.3) is 0 Å². The van der Waals surface area contributed by atoms with Crippen molar-refractivity contribution in [2.45, 2.75) is 79.1 Å². The Morgan fingerprint density at radius 3 is 2.07 bits per heavy atom. The average molecular weight is 570 g/mol. The topological polar surface area (TPSA) is 92.3 Å². The number of nitrogens with one attached hydrogen (secondary N) is 1. The summed E-state index contributed by atoms with van der Waals surface area (Å²) in [6.45, 7) is 17.7. The maximum atomic E-state index is 12.9. The monoisotopic (exact) mass is 569 g/mol. The van der Waals surface area contributed by atoms with Crippen molar-refractivity contribution in [2.24, 2.45) is 0 Å². The van der Waals surface area contributed by atoms with E-state index in [1.54, 1.807) is 32.0 Å². The molecule has 2 rings (SSSR count). The second kappa shape index (κ2) is 15.4. The van der Waals surface area contributed by atoms with Gasteiger partial charge in [-0.2, -0.15) is 0 Å². The second-order valence-electron chi connectivity index (χ2n) is 10.9. The van der Waals surface area contributed by atoms with Gasteiger partial charge in [-0.05, 0) is 67.3 Å². The summed E-state index contributed by atoms with van der Waals surface area (Å²) in [6.07, 6.45) is 3.20. The van der Waals surface area contributed by atoms with E-state index in [1.807, 2.05) is 6.07 Å². The molecule has 0 aromatic heterocycles. The van der Waals surface area contributed by atoms with Crippen LogP contribution < -0.4 is 14.8 Å². The van der Waals surface area contributed by atoms with Gasteiger partial charge in [-0.25, -0.2) is 9.59 Å². The van der Waals surface area contributed by atoms with Gasteiger partial charge in [-0.3, -0.25) is 0 Å². The molecule has 0 aliphatic carbocycles. The van der Waals surface area contributed by atoms with E-state index in [4.69, 9.17) is 23.7 Å². The third kappa shape index (κ3) is 9.44. The maximum Gasteiger partial charge on any atom is 0.338 e. The van der Waals surface area contributed by atoms with Gasteiger partial charge in [0.1, 0.15) is 24.7 Å². The van der Waals surface area contributed by atoms with Crippen molar-refractivity contribution in [1.82, 2.24) is 0 Å². The quantitative estimate of drug-likeness (QED) is 0.0985. The summed E-state index contributed by atoms with van der Waals surface area (Å²) in [7, 11) is 1.51. The third-order valence-electron chi connectivity index (χ3n) is 7.36. The van der Waals surface area contributed by atoms with E-state index in [-0.39, 0.29) is 36.5 Å². The molecular formula is C33H47NO7. The molecule has 41 heavy (non-hydrogen) atoms. The van der Waals surface area contributed by atoms with Crippen molar-refractivity contribution in [3.05, 3.63) is 65.0 Å². The molecule has 0 saturated heterocycles. The second-order valence-corrected chi connectivity index (χ2v) is 10.9. The van der Waals surface area contributed by atoms with Crippen LogP contribution in [0.2, 0.25) is 0 Å². The fourth-order valence-electron chi connectivity index (χ4n) is 4.00. The van der Waals surface area contributed by atoms with Crippen LogP contribution in [0.5, 0.6) is 11.5 Å². The molecular weight excluding hydrogens is 522 g/mol. The van der Waals surface area contributed by atoms with Gasteiger partial charge >= 0.3 is 11.9 Å². The number of hydrogen-bond donors (Lipinski definition) is 1. The maximum absolute atomic E-state index is 12.9. The van der Waals surface area contributed by atoms with Crippen molar-refractivity contribution in [3.8, 4) is 11.5 Å². The highest BCUT2D eigenvalue weighted by Crippen LogP contribution is 2.38. The highest BCUT2D eigenvalue weighted by molar-refractivity contribution is 5.91. The van der Waals surface area contributed by atoms with E-state index in [0.717, 1.165) is 24.2 Å². The van der Waals surface area contributed by atoms with Crippen LogP contribution in [-0.2, 0) is 29.8 Å². The van der Waals surface area contributed by atoms with Crippen LogP contribution in [-0.4, -0.2) is 45.5 Å². The van der Waals surface area contributed by atoms with Gasteiger partial charge in [0.15, 0.2) is 5.88 Å². The van der Waals surface area contributed by atoms with Crippen molar-refractivity contribution in [3.63, 3.8) is 0 Å². The highest BCUT2D eigenvalue weighted by atomic mass is 16.6. The Hall–Kier alpha value is -3.68. The number of carbonyl (C=O) groups is 2. The number of ether oxygens (including phenoxy) is 5. The van der Waals surface area contributed by atoms with Crippen LogP contribution >= 0.6 is 0 Å². The van der Waals surface area contributed by atoms with Crippen LogP contribution in [0.25, 0.3) is 0 Å². The van der Waals surface area contributed by atoms with Gasteiger partial charge in [-0.1, -0.05) is 53.7 Å². The van der Waals surface area contributed by atoms with E-state index < -0.39 is 11.9 Å². The first-order valence-corrected chi connectivity index (χ1v) is 14.3. The Balaban J connectivity index is 2.14. The van der Waals surface area contributed by atoms with Gasteiger partial charge < -0.3 is 29.0 Å². The summed E-state index contributed by atoms with van der Waals surface area (Å²) in [5.74, 6) is 0.367. The highest BCUT2D eigenvalue weighted by Gasteiger charge is 2.26. The molecule has 2 aromatic carbocycles. The molecule has 0 bridgehead atoms. The average Bonchev–Trinajstić information content (AvgIpc) is 2.95. The minimum Gasteiger partial charge on any atom is -0.495 e. The normalized spacial score (nSPS) is 12.0. The lowest BCUT2D eigenvalue weighted by Crippen LogP contribution is -2.22. The van der Waals surface area contributed by atoms with Gasteiger partial charge in [0, 0.05) is 5.56 Å². The molecule has 0 radical (unpaired) electrons. The molecule has 0 spiro atoms. The van der Waals surface area contributed by atoms with Gasteiger partial charge in [-0.15, -0.1) is 0 Å². The Kier molecular flexibility index (Phi) is 12.6. The van der Waals surface area contributed by atoms with E-state index in [1.165, 1.54) is 18.7 Å². The molecule has 0 atom stereocenters. The molecule has 8 heteroatoms. The summed E-state index contributed by atoms with van der Waals surface area (Å²) in [4.78, 5) is 24.8. The van der Waals surface area contributed by atoms with Crippen LogP contribution in [0.4, 0.5) is 5.69 Å². The fourth-order valence-corrected chi connectivity index (χ4v) is 4.00. The zero-order chi connectivity index (χ0) is 30.6. The Bertz CT molecular complexity index is 1200. The molecule has 0 heterocycles. The zero-order valence-corrected chi connectivity index (χ0v) is 26.1. The molecule has 0 saturated carbocycles. The SMILES string of the molecule is CCOC(=O)/C=C(/Nc1cc(C(=O)OCCOc2ccc(C(C)(C)CC)cc2C(C)(C)CC)ccc1OC)OCC. The predicted molar refractivity (Wildman–Crippen MR) is 162 cm³/mol. The summed E-state index contributed by atoms with van der Waals surface area (Å²) in [5, 5.41) is 3.00. The van der Waals surface area contributed by atoms with Crippen LogP contribution in [0.1, 0.15) is 89.7 Å². The summed E-state index contributed by atoms with van der Waals surface area (Å²) < 4.78 is 27.5. The number of carbonyl (C=O) groups excluding carboxylic acids is 2. The van der Waals surface area contributed by atoms with Crippen molar-refractivity contribution in [1.29, 1.82) is 0 Å². The summed E-state index contributed by atoms with van der Waals surface area (Å²) >= 11 is 0. The zero-order valence-electron chi connectivity index (χ0n) is 26.1. The van der Waals surface area contributed by atoms with Crippen LogP contribution in [0, 0.1) is 0 Å². The molecule has 226 valence electrons. The predicted octanol–water partition coefficient (Wildman–Crippen LogP) is 7.16. The summed E-state index contributed by atoms with van der Waals surface area (Å²) in [6, 6.07) is 11.2. The lowest BCUT2D eigenvalue weighted by Gasteiger charge is -2.30. The number of benzene rings is 2. The number of esters is 2. The van der Waals surface area contributed by atoms with Crippen molar-refractivity contribution in [2.75, 3.05) is 38.9 Å². The number of methoxy groups -OCH3 is 1. The molecule has 8 nitrogen and oxygen atoms in total. The molecule has 0 fully saturated rings. The minimum absolute atomic E-state index is 0.0662. The van der Waals surface area contributed by atoms with Crippen molar-refractivity contribution >= 4 is 17.6 Å². The van der Waals surface area contributed by atoms with Gasteiger partial charge in [0.2, 0.25) is 0 Å². The van der Waals surface area contributed by atoms with Crippen LogP contribution in [0.3, 0.4) is 0 Å².